The summed E-state index contributed by atoms with van der Waals surface area (Å²) in [5.74, 6) is 0.792. The number of para-hydroxylation sites is 1. The lowest BCUT2D eigenvalue weighted by molar-refractivity contribution is -0.119. The molecule has 23 heavy (non-hydrogen) atoms. The standard InChI is InChI=1S/C18H16N2O2S/c1-2-12-7-8-13(22-12)9-10-16(21)14(11-19)18-20-15-5-3-4-6-17(15)23-18/h3-8,14H,2,9-10H2,1H3/t14-/m0/s1. The third kappa shape index (κ3) is 3.33. The third-order valence-corrected chi connectivity index (χ3v) is 4.79. The molecular formula is C18H16N2O2S. The highest BCUT2D eigenvalue weighted by molar-refractivity contribution is 7.18. The van der Waals surface area contributed by atoms with Crippen molar-refractivity contribution < 1.29 is 9.21 Å². The number of benzene rings is 1. The Morgan fingerprint density at radius 1 is 1.30 bits per heavy atom. The topological polar surface area (TPSA) is 66.9 Å². The van der Waals surface area contributed by atoms with E-state index in [1.807, 2.05) is 43.3 Å². The second-order valence-electron chi connectivity index (χ2n) is 5.27. The van der Waals surface area contributed by atoms with Crippen molar-refractivity contribution in [1.82, 2.24) is 4.98 Å². The van der Waals surface area contributed by atoms with Crippen LogP contribution < -0.4 is 0 Å². The van der Waals surface area contributed by atoms with Gasteiger partial charge in [-0.3, -0.25) is 4.79 Å². The number of hydrogen-bond acceptors (Lipinski definition) is 5. The summed E-state index contributed by atoms with van der Waals surface area (Å²) in [5, 5.41) is 9.96. The molecule has 0 aliphatic rings. The van der Waals surface area contributed by atoms with Gasteiger partial charge in [0.2, 0.25) is 0 Å². The lowest BCUT2D eigenvalue weighted by Crippen LogP contribution is -2.11. The molecule has 116 valence electrons. The van der Waals surface area contributed by atoms with E-state index in [2.05, 4.69) is 11.1 Å². The van der Waals surface area contributed by atoms with Crippen molar-refractivity contribution in [1.29, 1.82) is 5.26 Å². The van der Waals surface area contributed by atoms with Crippen LogP contribution in [0.2, 0.25) is 0 Å². The van der Waals surface area contributed by atoms with E-state index >= 15 is 0 Å². The summed E-state index contributed by atoms with van der Waals surface area (Å²) >= 11 is 1.41. The minimum atomic E-state index is -0.798. The van der Waals surface area contributed by atoms with Gasteiger partial charge < -0.3 is 4.42 Å². The maximum absolute atomic E-state index is 12.4. The molecule has 4 nitrogen and oxygen atoms in total. The molecule has 2 aromatic heterocycles. The number of nitriles is 1. The first-order valence-electron chi connectivity index (χ1n) is 7.56. The van der Waals surface area contributed by atoms with Crippen LogP contribution in [-0.4, -0.2) is 10.8 Å². The van der Waals surface area contributed by atoms with Crippen LogP contribution in [0.3, 0.4) is 0 Å². The first-order chi connectivity index (χ1) is 11.2. The molecule has 0 aliphatic heterocycles. The van der Waals surface area contributed by atoms with Crippen LogP contribution in [0.4, 0.5) is 0 Å². The van der Waals surface area contributed by atoms with Crippen LogP contribution in [0.25, 0.3) is 10.2 Å². The van der Waals surface area contributed by atoms with Crippen LogP contribution in [0, 0.1) is 11.3 Å². The average molecular weight is 324 g/mol. The molecule has 0 saturated heterocycles. The fraction of sp³-hybridized carbons (Fsp3) is 0.278. The normalized spacial score (nSPS) is 12.2. The van der Waals surface area contributed by atoms with Gasteiger partial charge in [0.25, 0.3) is 0 Å². The van der Waals surface area contributed by atoms with Gasteiger partial charge in [0.1, 0.15) is 16.5 Å². The van der Waals surface area contributed by atoms with E-state index in [0.29, 0.717) is 11.4 Å². The van der Waals surface area contributed by atoms with Gasteiger partial charge in [-0.1, -0.05) is 19.1 Å². The highest BCUT2D eigenvalue weighted by Gasteiger charge is 2.24. The summed E-state index contributed by atoms with van der Waals surface area (Å²) in [6.07, 6.45) is 1.63. The molecule has 0 radical (unpaired) electrons. The Kier molecular flexibility index (Phi) is 4.54. The number of carbonyl (C=O) groups is 1. The van der Waals surface area contributed by atoms with Crippen LogP contribution in [0.15, 0.2) is 40.8 Å². The minimum absolute atomic E-state index is 0.110. The molecule has 0 aliphatic carbocycles. The Bertz CT molecular complexity index is 839. The first kappa shape index (κ1) is 15.4. The molecule has 1 atom stereocenters. The number of furan rings is 1. The zero-order valence-corrected chi connectivity index (χ0v) is 13.6. The van der Waals surface area contributed by atoms with Crippen molar-refractivity contribution in [2.45, 2.75) is 32.1 Å². The fourth-order valence-corrected chi connectivity index (χ4v) is 3.45. The van der Waals surface area contributed by atoms with E-state index in [-0.39, 0.29) is 12.2 Å². The Morgan fingerprint density at radius 3 is 2.78 bits per heavy atom. The zero-order chi connectivity index (χ0) is 16.2. The maximum atomic E-state index is 12.4. The number of aromatic nitrogens is 1. The summed E-state index contributed by atoms with van der Waals surface area (Å²) in [4.78, 5) is 16.8. The van der Waals surface area contributed by atoms with Gasteiger partial charge in [-0.15, -0.1) is 11.3 Å². The Labute approximate surface area is 138 Å². The summed E-state index contributed by atoms with van der Waals surface area (Å²) in [7, 11) is 0. The van der Waals surface area contributed by atoms with E-state index in [1.165, 1.54) is 11.3 Å². The van der Waals surface area contributed by atoms with Gasteiger partial charge in [0, 0.05) is 19.3 Å². The predicted octanol–water partition coefficient (Wildman–Crippen LogP) is 4.26. The molecule has 0 spiro atoms. The number of rotatable bonds is 6. The van der Waals surface area contributed by atoms with E-state index in [1.54, 1.807) is 0 Å². The second kappa shape index (κ2) is 6.76. The maximum Gasteiger partial charge on any atom is 0.157 e. The molecule has 5 heteroatoms. The lowest BCUT2D eigenvalue weighted by Gasteiger charge is -2.03. The summed E-state index contributed by atoms with van der Waals surface area (Å²) in [6.45, 7) is 2.02. The summed E-state index contributed by atoms with van der Waals surface area (Å²) < 4.78 is 6.60. The highest BCUT2D eigenvalue weighted by Crippen LogP contribution is 2.28. The number of ketones is 1. The summed E-state index contributed by atoms with van der Waals surface area (Å²) in [5.41, 5.74) is 0.833. The molecule has 0 unspecified atom stereocenters. The number of fused-ring (bicyclic) bond motifs is 1. The smallest absolute Gasteiger partial charge is 0.157 e. The number of carbonyl (C=O) groups excluding carboxylic acids is 1. The fourth-order valence-electron chi connectivity index (χ4n) is 2.42. The van der Waals surface area contributed by atoms with E-state index in [9.17, 15) is 10.1 Å². The van der Waals surface area contributed by atoms with E-state index < -0.39 is 5.92 Å². The van der Waals surface area contributed by atoms with Crippen LogP contribution in [-0.2, 0) is 17.6 Å². The number of Topliss-reactive ketones (excluding diaryl/α,β-unsaturated/α-hetero) is 1. The molecule has 2 heterocycles. The molecule has 0 amide bonds. The molecule has 3 rings (SSSR count). The number of thiazole rings is 1. The SMILES string of the molecule is CCc1ccc(CCC(=O)[C@H](C#N)c2nc3ccccc3s2)o1. The minimum Gasteiger partial charge on any atom is -0.466 e. The van der Waals surface area contributed by atoms with Crippen LogP contribution in [0.5, 0.6) is 0 Å². The van der Waals surface area contributed by atoms with Crippen molar-refractivity contribution >= 4 is 27.3 Å². The van der Waals surface area contributed by atoms with Gasteiger partial charge in [0.15, 0.2) is 11.7 Å². The van der Waals surface area contributed by atoms with Gasteiger partial charge in [-0.2, -0.15) is 5.26 Å². The molecule has 0 N–H and O–H groups in total. The quantitative estimate of drug-likeness (QED) is 0.679. The van der Waals surface area contributed by atoms with Crippen molar-refractivity contribution in [2.75, 3.05) is 0 Å². The number of aryl methyl sites for hydroxylation is 2. The summed E-state index contributed by atoms with van der Waals surface area (Å²) in [6, 6.07) is 13.6. The van der Waals surface area contributed by atoms with Gasteiger partial charge in [0.05, 0.1) is 16.3 Å². The second-order valence-corrected chi connectivity index (χ2v) is 6.33. The first-order valence-corrected chi connectivity index (χ1v) is 8.38. The molecule has 1 aromatic carbocycles. The highest BCUT2D eigenvalue weighted by atomic mass is 32.1. The van der Waals surface area contributed by atoms with E-state index in [0.717, 1.165) is 28.2 Å². The van der Waals surface area contributed by atoms with Crippen LogP contribution >= 0.6 is 11.3 Å². The van der Waals surface area contributed by atoms with Crippen molar-refractivity contribution in [3.8, 4) is 6.07 Å². The Hall–Kier alpha value is -2.45. The monoisotopic (exact) mass is 324 g/mol. The van der Waals surface area contributed by atoms with Crippen molar-refractivity contribution in [3.05, 3.63) is 52.9 Å². The van der Waals surface area contributed by atoms with E-state index in [4.69, 9.17) is 4.42 Å². The third-order valence-electron chi connectivity index (χ3n) is 3.69. The number of nitrogens with zero attached hydrogens (tertiary/aromatic N) is 2. The molecule has 0 fully saturated rings. The van der Waals surface area contributed by atoms with Gasteiger partial charge in [-0.05, 0) is 24.3 Å². The molecule has 0 saturated carbocycles. The molecular weight excluding hydrogens is 308 g/mol. The average Bonchev–Trinajstić information content (AvgIpc) is 3.20. The largest absolute Gasteiger partial charge is 0.466 e. The molecule has 3 aromatic rings. The lowest BCUT2D eigenvalue weighted by atomic mass is 10.0. The predicted molar refractivity (Wildman–Crippen MR) is 89.4 cm³/mol. The zero-order valence-electron chi connectivity index (χ0n) is 12.8. The van der Waals surface area contributed by atoms with Crippen molar-refractivity contribution in [3.63, 3.8) is 0 Å². The number of hydrogen-bond donors (Lipinski definition) is 0. The van der Waals surface area contributed by atoms with Gasteiger partial charge >= 0.3 is 0 Å². The van der Waals surface area contributed by atoms with Gasteiger partial charge in [-0.25, -0.2) is 4.98 Å². The van der Waals surface area contributed by atoms with Crippen LogP contribution in [0.1, 0.15) is 35.8 Å². The Balaban J connectivity index is 1.72. The Morgan fingerprint density at radius 2 is 2.09 bits per heavy atom. The molecule has 0 bridgehead atoms. The van der Waals surface area contributed by atoms with Crippen molar-refractivity contribution in [2.24, 2.45) is 0 Å².